The van der Waals surface area contributed by atoms with Crippen LogP contribution in [-0.4, -0.2) is 42.5 Å². The first-order valence-corrected chi connectivity index (χ1v) is 9.25. The monoisotopic (exact) mass is 325 g/mol. The van der Waals surface area contributed by atoms with Crippen LogP contribution in [0.1, 0.15) is 31.9 Å². The Morgan fingerprint density at radius 1 is 1.45 bits per heavy atom. The van der Waals surface area contributed by atoms with Crippen molar-refractivity contribution in [2.45, 2.75) is 33.1 Å². The van der Waals surface area contributed by atoms with Gasteiger partial charge in [0.25, 0.3) is 0 Å². The summed E-state index contributed by atoms with van der Waals surface area (Å²) in [6.45, 7) is 4.47. The lowest BCUT2D eigenvalue weighted by molar-refractivity contribution is -0.120. The number of carbonyl (C=O) groups is 1. The third-order valence-electron chi connectivity index (χ3n) is 3.75. The fourth-order valence-electron chi connectivity index (χ4n) is 2.64. The number of aryl methyl sites for hydroxylation is 1. The molecule has 0 bridgehead atoms. The standard InChI is InChI=1S/C15H23N3O3S/c1-3-10-22(20,21)18-9-5-7-13(11-18)15(19)17-14-8-4-6-12(2)16-14/h4,6,8,13H,3,5,7,9-11H2,1-2H3,(H,16,17,19). The summed E-state index contributed by atoms with van der Waals surface area (Å²) in [6, 6.07) is 5.42. The molecule has 2 heterocycles. The van der Waals surface area contributed by atoms with Crippen molar-refractivity contribution in [3.63, 3.8) is 0 Å². The maximum atomic E-state index is 12.3. The Kier molecular flexibility index (Phi) is 5.52. The molecule has 22 heavy (non-hydrogen) atoms. The third-order valence-corrected chi connectivity index (χ3v) is 5.79. The fraction of sp³-hybridized carbons (Fsp3) is 0.600. The topological polar surface area (TPSA) is 79.4 Å². The molecule has 1 aliphatic rings. The Labute approximate surface area is 132 Å². The van der Waals surface area contributed by atoms with Crippen molar-refractivity contribution in [2.24, 2.45) is 5.92 Å². The molecule has 1 amide bonds. The van der Waals surface area contributed by atoms with Crippen LogP contribution in [0, 0.1) is 12.8 Å². The van der Waals surface area contributed by atoms with Gasteiger partial charge in [0.05, 0.1) is 11.7 Å². The zero-order valence-electron chi connectivity index (χ0n) is 13.1. The van der Waals surface area contributed by atoms with Crippen LogP contribution in [0.3, 0.4) is 0 Å². The van der Waals surface area contributed by atoms with E-state index in [9.17, 15) is 13.2 Å². The van der Waals surface area contributed by atoms with Crippen molar-refractivity contribution in [3.05, 3.63) is 23.9 Å². The lowest BCUT2D eigenvalue weighted by Gasteiger charge is -2.31. The zero-order chi connectivity index (χ0) is 16.2. The molecule has 1 aliphatic heterocycles. The van der Waals surface area contributed by atoms with Gasteiger partial charge in [0.15, 0.2) is 0 Å². The van der Waals surface area contributed by atoms with Gasteiger partial charge in [-0.1, -0.05) is 13.0 Å². The van der Waals surface area contributed by atoms with Crippen molar-refractivity contribution in [3.8, 4) is 0 Å². The molecule has 0 spiro atoms. The molecule has 2 rings (SSSR count). The Balaban J connectivity index is 2.01. The van der Waals surface area contributed by atoms with E-state index in [0.717, 1.165) is 5.69 Å². The summed E-state index contributed by atoms with van der Waals surface area (Å²) in [5, 5.41) is 2.78. The molecule has 0 aromatic carbocycles. The number of hydrogen-bond acceptors (Lipinski definition) is 4. The van der Waals surface area contributed by atoms with E-state index in [2.05, 4.69) is 10.3 Å². The molecule has 6 nitrogen and oxygen atoms in total. The van der Waals surface area contributed by atoms with Gasteiger partial charge in [-0.15, -0.1) is 0 Å². The Hall–Kier alpha value is -1.47. The zero-order valence-corrected chi connectivity index (χ0v) is 13.9. The number of piperidine rings is 1. The van der Waals surface area contributed by atoms with Gasteiger partial charge >= 0.3 is 0 Å². The van der Waals surface area contributed by atoms with Gasteiger partial charge < -0.3 is 5.32 Å². The normalized spacial score (nSPS) is 19.8. The molecule has 122 valence electrons. The summed E-state index contributed by atoms with van der Waals surface area (Å²) < 4.78 is 25.7. The number of hydrogen-bond donors (Lipinski definition) is 1. The van der Waals surface area contributed by atoms with Crippen LogP contribution in [0.4, 0.5) is 5.82 Å². The highest BCUT2D eigenvalue weighted by Crippen LogP contribution is 2.21. The lowest BCUT2D eigenvalue weighted by Crippen LogP contribution is -2.44. The number of carbonyl (C=O) groups excluding carboxylic acids is 1. The minimum absolute atomic E-state index is 0.140. The summed E-state index contributed by atoms with van der Waals surface area (Å²) in [5.41, 5.74) is 0.827. The van der Waals surface area contributed by atoms with Crippen LogP contribution in [0.15, 0.2) is 18.2 Å². The van der Waals surface area contributed by atoms with Crippen LogP contribution in [0.5, 0.6) is 0 Å². The molecule has 1 atom stereocenters. The number of nitrogens with zero attached hydrogens (tertiary/aromatic N) is 2. The van der Waals surface area contributed by atoms with Crippen LogP contribution in [0.25, 0.3) is 0 Å². The van der Waals surface area contributed by atoms with Crippen molar-refractivity contribution >= 4 is 21.7 Å². The molecule has 1 N–H and O–H groups in total. The van der Waals surface area contributed by atoms with Gasteiger partial charge in [0, 0.05) is 18.8 Å². The SMILES string of the molecule is CCCS(=O)(=O)N1CCCC(C(=O)Nc2cccc(C)n2)C1. The number of rotatable bonds is 5. The Morgan fingerprint density at radius 3 is 2.91 bits per heavy atom. The summed E-state index contributed by atoms with van der Waals surface area (Å²) in [6.07, 6.45) is 2.00. The van der Waals surface area contributed by atoms with Gasteiger partial charge in [-0.2, -0.15) is 0 Å². The first-order chi connectivity index (χ1) is 10.4. The van der Waals surface area contributed by atoms with E-state index >= 15 is 0 Å². The van der Waals surface area contributed by atoms with Crippen molar-refractivity contribution in [2.75, 3.05) is 24.2 Å². The third kappa shape index (κ3) is 4.27. The largest absolute Gasteiger partial charge is 0.310 e. The highest BCUT2D eigenvalue weighted by Gasteiger charge is 2.31. The fourth-order valence-corrected chi connectivity index (χ4v) is 4.23. The van der Waals surface area contributed by atoms with E-state index in [4.69, 9.17) is 0 Å². The van der Waals surface area contributed by atoms with Gasteiger partial charge in [-0.25, -0.2) is 17.7 Å². The molecule has 0 aliphatic carbocycles. The molecule has 1 fully saturated rings. The summed E-state index contributed by atoms with van der Waals surface area (Å²) >= 11 is 0. The van der Waals surface area contributed by atoms with E-state index in [1.165, 1.54) is 4.31 Å². The van der Waals surface area contributed by atoms with Gasteiger partial charge in [-0.3, -0.25) is 4.79 Å². The van der Waals surface area contributed by atoms with Crippen LogP contribution in [-0.2, 0) is 14.8 Å². The summed E-state index contributed by atoms with van der Waals surface area (Å²) in [5.74, 6) is 0.177. The second-order valence-electron chi connectivity index (χ2n) is 5.67. The van der Waals surface area contributed by atoms with Gasteiger partial charge in [-0.05, 0) is 38.3 Å². The summed E-state index contributed by atoms with van der Waals surface area (Å²) in [7, 11) is -3.24. The molecule has 1 aromatic rings. The number of amides is 1. The average Bonchev–Trinajstić information content (AvgIpc) is 2.47. The molecule has 1 unspecified atom stereocenters. The van der Waals surface area contributed by atoms with Crippen LogP contribution in [0.2, 0.25) is 0 Å². The molecular weight excluding hydrogens is 302 g/mol. The van der Waals surface area contributed by atoms with E-state index < -0.39 is 10.0 Å². The highest BCUT2D eigenvalue weighted by atomic mass is 32.2. The predicted octanol–water partition coefficient (Wildman–Crippen LogP) is 1.78. The number of sulfonamides is 1. The predicted molar refractivity (Wildman–Crippen MR) is 86.0 cm³/mol. The quantitative estimate of drug-likeness (QED) is 0.895. The average molecular weight is 325 g/mol. The van der Waals surface area contributed by atoms with E-state index in [0.29, 0.717) is 31.6 Å². The van der Waals surface area contributed by atoms with Crippen LogP contribution >= 0.6 is 0 Å². The van der Waals surface area contributed by atoms with E-state index in [-0.39, 0.29) is 24.1 Å². The minimum Gasteiger partial charge on any atom is -0.310 e. The summed E-state index contributed by atoms with van der Waals surface area (Å²) in [4.78, 5) is 16.6. The molecule has 1 aromatic heterocycles. The van der Waals surface area contributed by atoms with E-state index in [1.807, 2.05) is 26.0 Å². The number of nitrogens with one attached hydrogen (secondary N) is 1. The van der Waals surface area contributed by atoms with Crippen molar-refractivity contribution < 1.29 is 13.2 Å². The molecule has 0 radical (unpaired) electrons. The highest BCUT2D eigenvalue weighted by molar-refractivity contribution is 7.89. The van der Waals surface area contributed by atoms with Crippen molar-refractivity contribution in [1.29, 1.82) is 0 Å². The minimum atomic E-state index is -3.24. The smallest absolute Gasteiger partial charge is 0.229 e. The Bertz CT molecular complexity index is 631. The van der Waals surface area contributed by atoms with E-state index in [1.54, 1.807) is 6.07 Å². The number of pyridine rings is 1. The lowest BCUT2D eigenvalue weighted by atomic mass is 9.99. The number of aromatic nitrogens is 1. The van der Waals surface area contributed by atoms with Crippen LogP contribution < -0.4 is 5.32 Å². The molecule has 7 heteroatoms. The van der Waals surface area contributed by atoms with Gasteiger partial charge in [0.2, 0.25) is 15.9 Å². The molecule has 0 saturated carbocycles. The second kappa shape index (κ2) is 7.19. The van der Waals surface area contributed by atoms with Gasteiger partial charge in [0.1, 0.15) is 5.82 Å². The maximum absolute atomic E-state index is 12.3. The molecular formula is C15H23N3O3S. The first kappa shape index (κ1) is 16.9. The first-order valence-electron chi connectivity index (χ1n) is 7.64. The maximum Gasteiger partial charge on any atom is 0.229 e. The Morgan fingerprint density at radius 2 is 2.23 bits per heavy atom. The second-order valence-corrected chi connectivity index (χ2v) is 7.76. The number of anilines is 1. The molecule has 1 saturated heterocycles. The van der Waals surface area contributed by atoms with Crippen molar-refractivity contribution in [1.82, 2.24) is 9.29 Å².